The van der Waals surface area contributed by atoms with Gasteiger partial charge in [0, 0.05) is 6.04 Å². The van der Waals surface area contributed by atoms with Crippen LogP contribution in [0.25, 0.3) is 0 Å². The Labute approximate surface area is 151 Å². The Balaban J connectivity index is 1.58. The van der Waals surface area contributed by atoms with Crippen molar-refractivity contribution >= 4 is 12.1 Å². The lowest BCUT2D eigenvalue weighted by Crippen LogP contribution is -2.57. The quantitative estimate of drug-likeness (QED) is 0.832. The first-order chi connectivity index (χ1) is 12.5. The third-order valence-electron chi connectivity index (χ3n) is 4.76. The van der Waals surface area contributed by atoms with Crippen LogP contribution in [-0.4, -0.2) is 30.3 Å². The number of carbonyl (C=O) groups excluding carboxylic acids is 1. The monoisotopic (exact) mass is 355 g/mol. The van der Waals surface area contributed by atoms with Gasteiger partial charge in [0.05, 0.1) is 12.5 Å². The molecule has 2 aromatic carbocycles. The fraction of sp³-hybridized carbons (Fsp3) is 0.300. The molecule has 0 heterocycles. The molecule has 1 saturated carbocycles. The maximum Gasteiger partial charge on any atom is 0.407 e. The number of alkyl carbamates (subject to hydrolysis) is 1. The maximum absolute atomic E-state index is 11.9. The van der Waals surface area contributed by atoms with Gasteiger partial charge in [0.25, 0.3) is 0 Å². The number of hydrogen-bond acceptors (Lipinski definition) is 4. The zero-order valence-corrected chi connectivity index (χ0v) is 14.5. The summed E-state index contributed by atoms with van der Waals surface area (Å²) in [6, 6.07) is 16.2. The minimum atomic E-state index is -1.01. The Morgan fingerprint density at radius 3 is 2.54 bits per heavy atom. The zero-order valence-electron chi connectivity index (χ0n) is 14.5. The second-order valence-electron chi connectivity index (χ2n) is 6.43. The Morgan fingerprint density at radius 1 is 1.15 bits per heavy atom. The molecule has 0 unspecified atom stereocenters. The Kier molecular flexibility index (Phi) is 5.11. The summed E-state index contributed by atoms with van der Waals surface area (Å²) < 4.78 is 10.4. The molecule has 0 radical (unpaired) electrons. The lowest BCUT2D eigenvalue weighted by atomic mass is 9.61. The highest BCUT2D eigenvalue weighted by Gasteiger charge is 2.52. The van der Waals surface area contributed by atoms with Gasteiger partial charge in [-0.1, -0.05) is 42.5 Å². The molecule has 2 aromatic rings. The molecule has 6 nitrogen and oxygen atoms in total. The number of carbonyl (C=O) groups is 2. The van der Waals surface area contributed by atoms with Crippen LogP contribution in [0.2, 0.25) is 0 Å². The van der Waals surface area contributed by atoms with E-state index in [4.69, 9.17) is 9.47 Å². The summed E-state index contributed by atoms with van der Waals surface area (Å²) in [5.74, 6) is -0.289. The number of amides is 1. The van der Waals surface area contributed by atoms with Gasteiger partial charge in [0.15, 0.2) is 0 Å². The Hall–Kier alpha value is -3.02. The minimum Gasteiger partial charge on any atom is -0.497 e. The zero-order chi connectivity index (χ0) is 18.6. The topological polar surface area (TPSA) is 84.9 Å². The molecule has 1 aliphatic rings. The number of methoxy groups -OCH3 is 1. The Bertz CT molecular complexity index is 784. The lowest BCUT2D eigenvalue weighted by molar-refractivity contribution is -0.148. The summed E-state index contributed by atoms with van der Waals surface area (Å²) in [4.78, 5) is 23.8. The predicted octanol–water partition coefficient (Wildman–Crippen LogP) is 3.11. The van der Waals surface area contributed by atoms with Crippen LogP contribution in [0.1, 0.15) is 24.0 Å². The van der Waals surface area contributed by atoms with Crippen molar-refractivity contribution in [2.24, 2.45) is 0 Å². The van der Waals surface area contributed by atoms with Gasteiger partial charge in [-0.2, -0.15) is 0 Å². The fourth-order valence-electron chi connectivity index (χ4n) is 3.27. The van der Waals surface area contributed by atoms with Gasteiger partial charge in [0.2, 0.25) is 0 Å². The van der Waals surface area contributed by atoms with E-state index in [1.165, 1.54) is 0 Å². The molecule has 3 rings (SSSR count). The van der Waals surface area contributed by atoms with E-state index in [1.807, 2.05) is 30.3 Å². The summed E-state index contributed by atoms with van der Waals surface area (Å²) in [7, 11) is 1.54. The van der Waals surface area contributed by atoms with Crippen LogP contribution < -0.4 is 10.1 Å². The van der Waals surface area contributed by atoms with Crippen molar-refractivity contribution in [3.63, 3.8) is 0 Å². The first-order valence-corrected chi connectivity index (χ1v) is 8.38. The average molecular weight is 355 g/mol. The molecular formula is C20H21NO5. The van der Waals surface area contributed by atoms with Crippen LogP contribution in [0.3, 0.4) is 0 Å². The SMILES string of the molecule is COc1cccc(C2(C(=O)O)CC(NC(=O)OCc3ccccc3)C2)c1. The Morgan fingerprint density at radius 2 is 1.88 bits per heavy atom. The van der Waals surface area contributed by atoms with Crippen LogP contribution in [0.4, 0.5) is 4.79 Å². The molecule has 26 heavy (non-hydrogen) atoms. The average Bonchev–Trinajstić information content (AvgIpc) is 2.63. The van der Waals surface area contributed by atoms with Gasteiger partial charge < -0.3 is 19.9 Å². The van der Waals surface area contributed by atoms with Crippen molar-refractivity contribution in [2.75, 3.05) is 7.11 Å². The maximum atomic E-state index is 11.9. The van der Waals surface area contributed by atoms with E-state index < -0.39 is 17.5 Å². The molecule has 1 fully saturated rings. The number of carboxylic acids is 1. The van der Waals surface area contributed by atoms with Gasteiger partial charge in [-0.25, -0.2) is 4.79 Å². The number of benzene rings is 2. The van der Waals surface area contributed by atoms with Gasteiger partial charge in [-0.05, 0) is 36.1 Å². The first-order valence-electron chi connectivity index (χ1n) is 8.38. The summed E-state index contributed by atoms with van der Waals surface area (Å²) in [5, 5.41) is 12.5. The molecule has 0 spiro atoms. The number of carboxylic acid groups (broad SMARTS) is 1. The highest BCUT2D eigenvalue weighted by molar-refractivity contribution is 5.84. The third-order valence-corrected chi connectivity index (χ3v) is 4.76. The summed E-state index contributed by atoms with van der Waals surface area (Å²) >= 11 is 0. The molecule has 136 valence electrons. The predicted molar refractivity (Wildman–Crippen MR) is 95.1 cm³/mol. The second kappa shape index (κ2) is 7.47. The second-order valence-corrected chi connectivity index (χ2v) is 6.43. The molecule has 0 saturated heterocycles. The smallest absolute Gasteiger partial charge is 0.407 e. The van der Waals surface area contributed by atoms with Crippen molar-refractivity contribution in [1.29, 1.82) is 0 Å². The molecule has 1 amide bonds. The van der Waals surface area contributed by atoms with Crippen molar-refractivity contribution in [3.05, 3.63) is 65.7 Å². The molecular weight excluding hydrogens is 334 g/mol. The van der Waals surface area contributed by atoms with Crippen molar-refractivity contribution in [3.8, 4) is 5.75 Å². The van der Waals surface area contributed by atoms with Crippen molar-refractivity contribution in [2.45, 2.75) is 30.9 Å². The van der Waals surface area contributed by atoms with E-state index in [2.05, 4.69) is 5.32 Å². The summed E-state index contributed by atoms with van der Waals surface area (Å²) in [6.45, 7) is 0.180. The van der Waals surface area contributed by atoms with Crippen LogP contribution in [0, 0.1) is 0 Å². The van der Waals surface area contributed by atoms with Crippen LogP contribution in [-0.2, 0) is 21.6 Å². The standard InChI is InChI=1S/C20H21NO5/c1-25-17-9-5-8-15(10-17)20(18(22)23)11-16(12-20)21-19(24)26-13-14-6-3-2-4-7-14/h2-10,16H,11-13H2,1H3,(H,21,24)(H,22,23). The number of hydrogen-bond donors (Lipinski definition) is 2. The van der Waals surface area contributed by atoms with E-state index >= 15 is 0 Å². The van der Waals surface area contributed by atoms with Crippen molar-refractivity contribution < 1.29 is 24.2 Å². The molecule has 0 aliphatic heterocycles. The normalized spacial score (nSPS) is 21.3. The van der Waals surface area contributed by atoms with Gasteiger partial charge in [-0.15, -0.1) is 0 Å². The highest BCUT2D eigenvalue weighted by atomic mass is 16.5. The van der Waals surface area contributed by atoms with Crippen LogP contribution >= 0.6 is 0 Å². The van der Waals surface area contributed by atoms with E-state index in [1.54, 1.807) is 31.4 Å². The fourth-order valence-corrected chi connectivity index (χ4v) is 3.27. The largest absolute Gasteiger partial charge is 0.497 e. The van der Waals surface area contributed by atoms with Crippen LogP contribution in [0.15, 0.2) is 54.6 Å². The number of ether oxygens (including phenoxy) is 2. The number of rotatable bonds is 6. The molecule has 0 bridgehead atoms. The minimum absolute atomic E-state index is 0.180. The van der Waals surface area contributed by atoms with Gasteiger partial charge in [0.1, 0.15) is 12.4 Å². The van der Waals surface area contributed by atoms with Crippen molar-refractivity contribution in [1.82, 2.24) is 5.32 Å². The van der Waals surface area contributed by atoms with Gasteiger partial charge >= 0.3 is 12.1 Å². The van der Waals surface area contributed by atoms with E-state index in [0.29, 0.717) is 24.2 Å². The van der Waals surface area contributed by atoms with Crippen LogP contribution in [0.5, 0.6) is 5.75 Å². The molecule has 6 heteroatoms. The molecule has 1 aliphatic carbocycles. The highest BCUT2D eigenvalue weighted by Crippen LogP contribution is 2.45. The van der Waals surface area contributed by atoms with E-state index in [0.717, 1.165) is 5.56 Å². The molecule has 0 atom stereocenters. The summed E-state index contributed by atoms with van der Waals surface area (Å²) in [6.07, 6.45) is 0.0924. The van der Waals surface area contributed by atoms with Gasteiger partial charge in [-0.3, -0.25) is 4.79 Å². The molecule has 0 aromatic heterocycles. The summed E-state index contributed by atoms with van der Waals surface area (Å²) in [5.41, 5.74) is 0.568. The first kappa shape index (κ1) is 17.8. The number of aliphatic carboxylic acids is 1. The number of nitrogens with one attached hydrogen (secondary N) is 1. The lowest BCUT2D eigenvalue weighted by Gasteiger charge is -2.44. The molecule has 2 N–H and O–H groups in total. The van der Waals surface area contributed by atoms with E-state index in [-0.39, 0.29) is 12.6 Å². The third kappa shape index (κ3) is 3.64. The van der Waals surface area contributed by atoms with E-state index in [9.17, 15) is 14.7 Å².